The molecule has 1 aromatic heterocycles. The summed E-state index contributed by atoms with van der Waals surface area (Å²) in [5.74, 6) is 8.59. The van der Waals surface area contributed by atoms with Gasteiger partial charge in [0.05, 0.1) is 5.52 Å². The summed E-state index contributed by atoms with van der Waals surface area (Å²) in [6.45, 7) is 3.71. The van der Waals surface area contributed by atoms with Crippen molar-refractivity contribution in [1.82, 2.24) is 14.9 Å². The fraction of sp³-hybridized carbons (Fsp3) is 0.241. The molecule has 2 heterocycles. The Balaban J connectivity index is 1.38. The SMILES string of the molecule is Cc1cc(Nc2ncnc3ccc(C#CC4(O)CCN(C)CC4)cc23)ccc1Oc1ccccc1. The molecule has 6 nitrogen and oxygen atoms in total. The van der Waals surface area contributed by atoms with Crippen LogP contribution in [0.2, 0.25) is 0 Å². The highest BCUT2D eigenvalue weighted by Gasteiger charge is 2.28. The first-order valence-electron chi connectivity index (χ1n) is 11.8. The molecule has 0 radical (unpaired) electrons. The number of nitrogens with one attached hydrogen (secondary N) is 1. The Hall–Kier alpha value is -3.92. The average Bonchev–Trinajstić information content (AvgIpc) is 2.87. The zero-order chi connectivity index (χ0) is 24.3. The first-order valence-corrected chi connectivity index (χ1v) is 11.8. The number of hydrogen-bond acceptors (Lipinski definition) is 6. The van der Waals surface area contributed by atoms with Gasteiger partial charge in [-0.1, -0.05) is 30.0 Å². The number of likely N-dealkylation sites (tertiary alicyclic amines) is 1. The van der Waals surface area contributed by atoms with E-state index in [4.69, 9.17) is 4.74 Å². The van der Waals surface area contributed by atoms with Gasteiger partial charge in [-0.25, -0.2) is 9.97 Å². The van der Waals surface area contributed by atoms with Gasteiger partial charge in [0.25, 0.3) is 0 Å². The van der Waals surface area contributed by atoms with E-state index in [-0.39, 0.29) is 0 Å². The van der Waals surface area contributed by atoms with Crippen LogP contribution >= 0.6 is 0 Å². The lowest BCUT2D eigenvalue weighted by Gasteiger charge is -2.32. The predicted octanol–water partition coefficient (Wildman–Crippen LogP) is 5.28. The number of aryl methyl sites for hydroxylation is 1. The van der Waals surface area contributed by atoms with E-state index in [1.165, 1.54) is 0 Å². The molecule has 0 amide bonds. The number of aromatic nitrogens is 2. The van der Waals surface area contributed by atoms with E-state index in [2.05, 4.69) is 39.1 Å². The number of piperidine rings is 1. The molecule has 6 heteroatoms. The minimum atomic E-state index is -0.934. The van der Waals surface area contributed by atoms with E-state index < -0.39 is 5.60 Å². The number of para-hydroxylation sites is 1. The molecule has 5 rings (SSSR count). The summed E-state index contributed by atoms with van der Waals surface area (Å²) < 4.78 is 6.00. The van der Waals surface area contributed by atoms with E-state index in [0.717, 1.165) is 52.3 Å². The van der Waals surface area contributed by atoms with Crippen LogP contribution in [0.3, 0.4) is 0 Å². The van der Waals surface area contributed by atoms with E-state index >= 15 is 0 Å². The molecule has 0 aliphatic carbocycles. The van der Waals surface area contributed by atoms with E-state index in [1.54, 1.807) is 6.33 Å². The van der Waals surface area contributed by atoms with Crippen molar-refractivity contribution < 1.29 is 9.84 Å². The van der Waals surface area contributed by atoms with Crippen molar-refractivity contribution in [2.75, 3.05) is 25.5 Å². The first-order chi connectivity index (χ1) is 17.0. The van der Waals surface area contributed by atoms with Crippen LogP contribution in [0.4, 0.5) is 11.5 Å². The van der Waals surface area contributed by atoms with Gasteiger partial charge in [0, 0.05) is 42.6 Å². The lowest BCUT2D eigenvalue weighted by molar-refractivity contribution is 0.0350. The van der Waals surface area contributed by atoms with E-state index in [9.17, 15) is 5.11 Å². The van der Waals surface area contributed by atoms with Crippen LogP contribution in [0.1, 0.15) is 24.0 Å². The molecule has 1 aliphatic heterocycles. The number of fused-ring (bicyclic) bond motifs is 1. The number of nitrogens with zero attached hydrogens (tertiary/aromatic N) is 3. The van der Waals surface area contributed by atoms with Crippen molar-refractivity contribution in [3.63, 3.8) is 0 Å². The second kappa shape index (κ2) is 9.75. The maximum atomic E-state index is 10.8. The Morgan fingerprint density at radius 2 is 1.80 bits per heavy atom. The molecule has 2 N–H and O–H groups in total. The normalized spacial score (nSPS) is 15.3. The van der Waals surface area contributed by atoms with E-state index in [1.807, 2.05) is 73.7 Å². The van der Waals surface area contributed by atoms with Crippen molar-refractivity contribution >= 4 is 22.4 Å². The minimum absolute atomic E-state index is 0.656. The van der Waals surface area contributed by atoms with Gasteiger partial charge in [-0.2, -0.15) is 0 Å². The smallest absolute Gasteiger partial charge is 0.141 e. The average molecular weight is 465 g/mol. The highest BCUT2D eigenvalue weighted by Crippen LogP contribution is 2.30. The quantitative estimate of drug-likeness (QED) is 0.400. The Bertz CT molecular complexity index is 1400. The maximum Gasteiger partial charge on any atom is 0.141 e. The van der Waals surface area contributed by atoms with Crippen LogP contribution in [0.5, 0.6) is 11.5 Å². The summed E-state index contributed by atoms with van der Waals surface area (Å²) in [4.78, 5) is 11.1. The molecule has 4 aromatic rings. The fourth-order valence-electron chi connectivity index (χ4n) is 4.13. The third-order valence-corrected chi connectivity index (χ3v) is 6.30. The first kappa shape index (κ1) is 22.9. The summed E-state index contributed by atoms with van der Waals surface area (Å²) >= 11 is 0. The van der Waals surface area contributed by atoms with Crippen LogP contribution in [0.15, 0.2) is 73.1 Å². The van der Waals surface area contributed by atoms with Crippen molar-refractivity contribution in [2.24, 2.45) is 0 Å². The number of benzene rings is 3. The molecule has 0 saturated carbocycles. The Kier molecular flexibility index (Phi) is 6.37. The van der Waals surface area contributed by atoms with Crippen LogP contribution in [0.25, 0.3) is 10.9 Å². The molecule has 0 bridgehead atoms. The second-order valence-corrected chi connectivity index (χ2v) is 9.06. The van der Waals surface area contributed by atoms with Gasteiger partial charge >= 0.3 is 0 Å². The molecule has 3 aromatic carbocycles. The molecule has 0 unspecified atom stereocenters. The molecule has 1 aliphatic rings. The molecule has 0 atom stereocenters. The van der Waals surface area contributed by atoms with Gasteiger partial charge in [0.15, 0.2) is 0 Å². The summed E-state index contributed by atoms with van der Waals surface area (Å²) in [6.07, 6.45) is 2.86. The Labute approximate surface area is 205 Å². The molecule has 1 saturated heterocycles. The van der Waals surface area contributed by atoms with Crippen LogP contribution in [-0.4, -0.2) is 45.7 Å². The van der Waals surface area contributed by atoms with Gasteiger partial charge in [-0.05, 0) is 68.1 Å². The van der Waals surface area contributed by atoms with E-state index in [0.29, 0.717) is 18.7 Å². The van der Waals surface area contributed by atoms with Gasteiger partial charge in [-0.3, -0.25) is 0 Å². The highest BCUT2D eigenvalue weighted by atomic mass is 16.5. The fourth-order valence-corrected chi connectivity index (χ4v) is 4.13. The van der Waals surface area contributed by atoms with Crippen LogP contribution in [-0.2, 0) is 0 Å². The van der Waals surface area contributed by atoms with Gasteiger partial charge < -0.3 is 20.1 Å². The summed E-state index contributed by atoms with van der Waals surface area (Å²) in [6, 6.07) is 21.5. The predicted molar refractivity (Wildman–Crippen MR) is 139 cm³/mol. The summed E-state index contributed by atoms with van der Waals surface area (Å²) in [5, 5.41) is 15.1. The maximum absolute atomic E-state index is 10.8. The molecule has 176 valence electrons. The zero-order valence-corrected chi connectivity index (χ0v) is 20.0. The molecular formula is C29H28N4O2. The molecule has 35 heavy (non-hydrogen) atoms. The number of ether oxygens (including phenoxy) is 1. The number of rotatable bonds is 4. The number of hydrogen-bond donors (Lipinski definition) is 2. The van der Waals surface area contributed by atoms with Gasteiger partial charge in [0.2, 0.25) is 0 Å². The topological polar surface area (TPSA) is 70.5 Å². The van der Waals surface area contributed by atoms with Crippen molar-refractivity contribution in [3.8, 4) is 23.3 Å². The number of aliphatic hydroxyl groups is 1. The third-order valence-electron chi connectivity index (χ3n) is 6.30. The largest absolute Gasteiger partial charge is 0.457 e. The zero-order valence-electron chi connectivity index (χ0n) is 20.0. The minimum Gasteiger partial charge on any atom is -0.457 e. The van der Waals surface area contributed by atoms with Crippen LogP contribution < -0.4 is 10.1 Å². The van der Waals surface area contributed by atoms with Crippen LogP contribution in [0, 0.1) is 18.8 Å². The lowest BCUT2D eigenvalue weighted by Crippen LogP contribution is -2.41. The van der Waals surface area contributed by atoms with Gasteiger partial charge in [-0.15, -0.1) is 0 Å². The Morgan fingerprint density at radius 1 is 1.00 bits per heavy atom. The molecular weight excluding hydrogens is 436 g/mol. The summed E-state index contributed by atoms with van der Waals surface area (Å²) in [5.41, 5.74) is 2.63. The lowest BCUT2D eigenvalue weighted by atomic mass is 9.92. The highest BCUT2D eigenvalue weighted by molar-refractivity contribution is 5.91. The monoisotopic (exact) mass is 464 g/mol. The van der Waals surface area contributed by atoms with Gasteiger partial charge in [0.1, 0.15) is 29.2 Å². The second-order valence-electron chi connectivity index (χ2n) is 9.06. The molecule has 1 fully saturated rings. The molecule has 0 spiro atoms. The van der Waals surface area contributed by atoms with Crippen molar-refractivity contribution in [1.29, 1.82) is 0 Å². The van der Waals surface area contributed by atoms with Crippen molar-refractivity contribution in [2.45, 2.75) is 25.4 Å². The van der Waals surface area contributed by atoms with Crippen molar-refractivity contribution in [3.05, 3.63) is 84.2 Å². The standard InChI is InChI=1S/C29H28N4O2/c1-21-18-23(9-11-27(21)35-24-6-4-3-5-7-24)32-28-25-19-22(8-10-26(25)30-20-31-28)12-13-29(34)14-16-33(2)17-15-29/h3-11,18-20,34H,14-17H2,1-2H3,(H,30,31,32). The Morgan fingerprint density at radius 3 is 2.57 bits per heavy atom. The number of anilines is 2. The summed E-state index contributed by atoms with van der Waals surface area (Å²) in [7, 11) is 2.07. The third kappa shape index (κ3) is 5.43.